The number of fused-ring (bicyclic) bond motifs is 1. The van der Waals surface area contributed by atoms with Crippen molar-refractivity contribution >= 4 is 23.0 Å². The van der Waals surface area contributed by atoms with Crippen molar-refractivity contribution in [2.75, 3.05) is 6.61 Å². The molecule has 3 aromatic rings. The number of rotatable bonds is 8. The van der Waals surface area contributed by atoms with Crippen LogP contribution in [0.2, 0.25) is 0 Å². The maximum absolute atomic E-state index is 13.7. The van der Waals surface area contributed by atoms with Gasteiger partial charge in [0.2, 0.25) is 0 Å². The molecular formula is C29H29F2N3O2. The summed E-state index contributed by atoms with van der Waals surface area (Å²) in [6.45, 7) is 6.92. The number of aliphatic imine (C=N–C) groups is 1. The van der Waals surface area contributed by atoms with Gasteiger partial charge < -0.3 is 14.6 Å². The minimum Gasteiger partial charge on any atom is -0.481 e. The number of terminal acetylenes is 1. The number of carbonyl (C=O) groups is 1. The summed E-state index contributed by atoms with van der Waals surface area (Å²) in [7, 11) is 0. The van der Waals surface area contributed by atoms with Gasteiger partial charge in [-0.3, -0.25) is 9.79 Å². The van der Waals surface area contributed by atoms with Crippen molar-refractivity contribution in [2.45, 2.75) is 46.2 Å². The smallest absolute Gasteiger partial charge is 0.254 e. The van der Waals surface area contributed by atoms with E-state index in [1.54, 1.807) is 6.07 Å². The monoisotopic (exact) mass is 489 g/mol. The van der Waals surface area contributed by atoms with Gasteiger partial charge in [0.25, 0.3) is 5.91 Å². The second-order valence-corrected chi connectivity index (χ2v) is 9.29. The summed E-state index contributed by atoms with van der Waals surface area (Å²) < 4.78 is 34.7. The van der Waals surface area contributed by atoms with Crippen LogP contribution in [0.25, 0.3) is 10.9 Å². The number of nitrogens with zero attached hydrogens (tertiary/aromatic N) is 2. The number of amides is 1. The van der Waals surface area contributed by atoms with Gasteiger partial charge in [0.1, 0.15) is 12.4 Å². The third-order valence-corrected chi connectivity index (χ3v) is 6.14. The molecule has 2 aromatic carbocycles. The standard InChI is InChI=1S/C29H29F2N3O2/c1-5-12-36-22-7-8-23-26(15-22)34(17-21-13-19(4)10-11-32-21)28(18(2)3)27(23)29(35)33-16-20-6-9-24(30)25(31)14-20/h1,6-9,11,13-15,18-19H,10,12,16-17H2,2-4H3,(H,33,35). The van der Waals surface area contributed by atoms with Gasteiger partial charge in [-0.05, 0) is 48.1 Å². The molecule has 0 fully saturated rings. The Balaban J connectivity index is 1.77. The fourth-order valence-corrected chi connectivity index (χ4v) is 4.52. The van der Waals surface area contributed by atoms with Crippen LogP contribution in [0, 0.1) is 29.9 Å². The molecule has 1 aliphatic rings. The van der Waals surface area contributed by atoms with E-state index in [1.807, 2.05) is 32.2 Å². The first-order chi connectivity index (χ1) is 17.3. The summed E-state index contributed by atoms with van der Waals surface area (Å²) in [4.78, 5) is 18.1. The first-order valence-electron chi connectivity index (χ1n) is 12.0. The molecule has 1 amide bonds. The van der Waals surface area contributed by atoms with Crippen molar-refractivity contribution in [3.63, 3.8) is 0 Å². The molecule has 1 atom stereocenters. The second kappa shape index (κ2) is 10.8. The highest BCUT2D eigenvalue weighted by Crippen LogP contribution is 2.35. The largest absolute Gasteiger partial charge is 0.481 e. The minimum atomic E-state index is -0.948. The predicted octanol–water partition coefficient (Wildman–Crippen LogP) is 5.98. The zero-order valence-electron chi connectivity index (χ0n) is 20.6. The Labute approximate surface area is 209 Å². The fourth-order valence-electron chi connectivity index (χ4n) is 4.52. The molecule has 0 aliphatic carbocycles. The number of nitrogens with one attached hydrogen (secondary N) is 1. The highest BCUT2D eigenvalue weighted by atomic mass is 19.2. The van der Waals surface area contributed by atoms with Gasteiger partial charge in [-0.1, -0.05) is 38.8 Å². The Morgan fingerprint density at radius 3 is 2.75 bits per heavy atom. The molecule has 0 saturated carbocycles. The van der Waals surface area contributed by atoms with Gasteiger partial charge in [-0.25, -0.2) is 8.78 Å². The van der Waals surface area contributed by atoms with E-state index in [1.165, 1.54) is 6.07 Å². The average molecular weight is 490 g/mol. The van der Waals surface area contributed by atoms with Gasteiger partial charge in [0.15, 0.2) is 11.6 Å². The summed E-state index contributed by atoms with van der Waals surface area (Å²) in [6.07, 6.45) is 10.3. The summed E-state index contributed by atoms with van der Waals surface area (Å²) in [6, 6.07) is 9.14. The lowest BCUT2D eigenvalue weighted by Crippen LogP contribution is -2.24. The molecule has 1 unspecified atom stereocenters. The maximum Gasteiger partial charge on any atom is 0.254 e. The first kappa shape index (κ1) is 25.2. The van der Waals surface area contributed by atoms with Crippen molar-refractivity contribution in [2.24, 2.45) is 10.9 Å². The minimum absolute atomic E-state index is 0.0158. The maximum atomic E-state index is 13.7. The van der Waals surface area contributed by atoms with Crippen molar-refractivity contribution < 1.29 is 18.3 Å². The van der Waals surface area contributed by atoms with Crippen LogP contribution in [0.1, 0.15) is 54.7 Å². The zero-order chi connectivity index (χ0) is 25.8. The van der Waals surface area contributed by atoms with Crippen molar-refractivity contribution in [1.82, 2.24) is 9.88 Å². The predicted molar refractivity (Wildman–Crippen MR) is 138 cm³/mol. The quantitative estimate of drug-likeness (QED) is 0.396. The topological polar surface area (TPSA) is 55.6 Å². The number of benzene rings is 2. The summed E-state index contributed by atoms with van der Waals surface area (Å²) >= 11 is 0. The lowest BCUT2D eigenvalue weighted by atomic mass is 10.0. The van der Waals surface area contributed by atoms with E-state index in [-0.39, 0.29) is 25.0 Å². The van der Waals surface area contributed by atoms with Crippen LogP contribution in [0.3, 0.4) is 0 Å². The van der Waals surface area contributed by atoms with Gasteiger partial charge in [-0.2, -0.15) is 0 Å². The molecule has 36 heavy (non-hydrogen) atoms. The third kappa shape index (κ3) is 5.33. The average Bonchev–Trinajstić information content (AvgIpc) is 3.17. The van der Waals surface area contributed by atoms with E-state index in [9.17, 15) is 13.6 Å². The van der Waals surface area contributed by atoms with Gasteiger partial charge >= 0.3 is 0 Å². The Bertz CT molecular complexity index is 1400. The van der Waals surface area contributed by atoms with Crippen molar-refractivity contribution in [1.29, 1.82) is 0 Å². The Kier molecular flexibility index (Phi) is 7.54. The van der Waals surface area contributed by atoms with E-state index in [2.05, 4.69) is 33.8 Å². The number of allylic oxidation sites excluding steroid dienone is 2. The molecule has 1 N–H and O–H groups in total. The van der Waals surface area contributed by atoms with E-state index < -0.39 is 11.6 Å². The van der Waals surface area contributed by atoms with E-state index >= 15 is 0 Å². The normalized spacial score (nSPS) is 15.1. The van der Waals surface area contributed by atoms with E-state index in [4.69, 9.17) is 11.2 Å². The molecule has 186 valence electrons. The molecule has 0 spiro atoms. The van der Waals surface area contributed by atoms with Crippen molar-refractivity contribution in [3.05, 3.63) is 76.6 Å². The SMILES string of the molecule is C#CCOc1ccc2c(C(=O)NCc3ccc(F)c(F)c3)c(C(C)C)n(CC3=CC(C)CC=N3)c2c1. The fraction of sp³-hybridized carbons (Fsp3) is 0.310. The molecule has 0 radical (unpaired) electrons. The zero-order valence-corrected chi connectivity index (χ0v) is 20.6. The molecular weight excluding hydrogens is 460 g/mol. The van der Waals surface area contributed by atoms with Crippen LogP contribution in [0.5, 0.6) is 5.75 Å². The van der Waals surface area contributed by atoms with Crippen LogP contribution >= 0.6 is 0 Å². The Hall–Kier alpha value is -3.92. The van der Waals surface area contributed by atoms with Crippen molar-refractivity contribution in [3.8, 4) is 18.1 Å². The van der Waals surface area contributed by atoms with Crippen LogP contribution < -0.4 is 10.1 Å². The lowest BCUT2D eigenvalue weighted by molar-refractivity contribution is 0.0951. The molecule has 1 aromatic heterocycles. The molecule has 7 heteroatoms. The summed E-state index contributed by atoms with van der Waals surface area (Å²) in [5.41, 5.74) is 3.63. The molecule has 5 nitrogen and oxygen atoms in total. The highest BCUT2D eigenvalue weighted by Gasteiger charge is 2.25. The van der Waals surface area contributed by atoms with Gasteiger partial charge in [-0.15, -0.1) is 6.42 Å². The van der Waals surface area contributed by atoms with Crippen LogP contribution in [0.4, 0.5) is 8.78 Å². The third-order valence-electron chi connectivity index (χ3n) is 6.14. The van der Waals surface area contributed by atoms with E-state index in [0.29, 0.717) is 29.3 Å². The number of carbonyl (C=O) groups excluding carboxylic acids is 1. The molecule has 0 bridgehead atoms. The Morgan fingerprint density at radius 1 is 1.25 bits per heavy atom. The number of hydrogen-bond donors (Lipinski definition) is 1. The number of ether oxygens (including phenoxy) is 1. The highest BCUT2D eigenvalue weighted by molar-refractivity contribution is 6.09. The van der Waals surface area contributed by atoms with Gasteiger partial charge in [0, 0.05) is 29.9 Å². The number of aromatic nitrogens is 1. The molecule has 4 rings (SSSR count). The van der Waals surface area contributed by atoms with E-state index in [0.717, 1.165) is 40.8 Å². The lowest BCUT2D eigenvalue weighted by Gasteiger charge is -2.18. The van der Waals surface area contributed by atoms with Crippen LogP contribution in [-0.4, -0.2) is 23.3 Å². The first-order valence-corrected chi connectivity index (χ1v) is 12.0. The molecule has 1 aliphatic heterocycles. The second-order valence-electron chi connectivity index (χ2n) is 9.29. The summed E-state index contributed by atoms with van der Waals surface area (Å²) in [5, 5.41) is 3.65. The molecule has 2 heterocycles. The van der Waals surface area contributed by atoms with Gasteiger partial charge in [0.05, 0.1) is 23.3 Å². The van der Waals surface area contributed by atoms with Crippen LogP contribution in [-0.2, 0) is 13.1 Å². The number of halogens is 2. The number of hydrogen-bond acceptors (Lipinski definition) is 3. The molecule has 0 saturated heterocycles. The Morgan fingerprint density at radius 2 is 2.06 bits per heavy atom. The van der Waals surface area contributed by atoms with Crippen LogP contribution in [0.15, 0.2) is 53.2 Å². The summed E-state index contributed by atoms with van der Waals surface area (Å²) in [5.74, 6) is 1.32.